The molecule has 0 aliphatic rings. The van der Waals surface area contributed by atoms with Gasteiger partial charge in [0, 0.05) is 21.7 Å². The minimum atomic E-state index is -0.268. The van der Waals surface area contributed by atoms with Crippen LogP contribution >= 0.6 is 22.9 Å². The van der Waals surface area contributed by atoms with Crippen molar-refractivity contribution < 1.29 is 4.79 Å². The molecule has 7 heteroatoms. The maximum atomic E-state index is 12.8. The summed E-state index contributed by atoms with van der Waals surface area (Å²) in [7, 11) is 0. The topological polar surface area (TPSA) is 64.0 Å². The number of rotatable bonds is 5. The molecule has 4 rings (SSSR count). The zero-order chi connectivity index (χ0) is 20.4. The Kier molecular flexibility index (Phi) is 5.47. The van der Waals surface area contributed by atoms with Crippen molar-refractivity contribution in [1.29, 1.82) is 0 Å². The molecule has 0 radical (unpaired) electrons. The summed E-state index contributed by atoms with van der Waals surface area (Å²) in [6, 6.07) is 15.1. The van der Waals surface area contributed by atoms with Crippen LogP contribution in [0.4, 0.5) is 5.69 Å². The van der Waals surface area contributed by atoms with Crippen LogP contribution in [-0.2, 0) is 17.8 Å². The lowest BCUT2D eigenvalue weighted by Crippen LogP contribution is -2.27. The number of amides is 1. The van der Waals surface area contributed by atoms with E-state index in [0.717, 1.165) is 28.8 Å². The molecular formula is C22H18ClN3O2S. The third kappa shape index (κ3) is 4.09. The second-order valence-corrected chi connectivity index (χ2v) is 7.93. The quantitative estimate of drug-likeness (QED) is 0.492. The van der Waals surface area contributed by atoms with Gasteiger partial charge in [-0.3, -0.25) is 14.2 Å². The second-order valence-electron chi connectivity index (χ2n) is 6.61. The third-order valence-electron chi connectivity index (χ3n) is 4.63. The van der Waals surface area contributed by atoms with Gasteiger partial charge in [-0.1, -0.05) is 42.8 Å². The van der Waals surface area contributed by atoms with Gasteiger partial charge in [-0.15, -0.1) is 11.3 Å². The molecule has 0 atom stereocenters. The molecule has 2 aromatic heterocycles. The number of hydrogen-bond acceptors (Lipinski definition) is 4. The highest BCUT2D eigenvalue weighted by Crippen LogP contribution is 2.31. The van der Waals surface area contributed by atoms with Gasteiger partial charge in [0.2, 0.25) is 5.91 Å². The lowest BCUT2D eigenvalue weighted by Gasteiger charge is -2.08. The van der Waals surface area contributed by atoms with Gasteiger partial charge in [0.05, 0.1) is 11.8 Å². The molecule has 2 heterocycles. The van der Waals surface area contributed by atoms with Gasteiger partial charge in [0.15, 0.2) is 0 Å². The predicted octanol–water partition coefficient (Wildman–Crippen LogP) is 4.98. The number of halogens is 1. The monoisotopic (exact) mass is 423 g/mol. The summed E-state index contributed by atoms with van der Waals surface area (Å²) >= 11 is 7.29. The van der Waals surface area contributed by atoms with Crippen LogP contribution in [0, 0.1) is 0 Å². The fourth-order valence-corrected chi connectivity index (χ4v) is 4.21. The summed E-state index contributed by atoms with van der Waals surface area (Å²) in [6.07, 6.45) is 2.32. The minimum absolute atomic E-state index is 0.0910. The molecular weight excluding hydrogens is 406 g/mol. The first-order valence-electron chi connectivity index (χ1n) is 9.16. The Labute approximate surface area is 176 Å². The van der Waals surface area contributed by atoms with E-state index in [1.54, 1.807) is 12.1 Å². The van der Waals surface area contributed by atoms with E-state index >= 15 is 0 Å². The fraction of sp³-hybridized carbons (Fsp3) is 0.136. The molecule has 0 fully saturated rings. The molecule has 146 valence electrons. The van der Waals surface area contributed by atoms with Crippen molar-refractivity contribution in [1.82, 2.24) is 9.55 Å². The number of aryl methyl sites for hydroxylation is 1. The number of carbonyl (C=O) groups excluding carboxylic acids is 1. The molecule has 29 heavy (non-hydrogen) atoms. The van der Waals surface area contributed by atoms with E-state index in [9.17, 15) is 9.59 Å². The van der Waals surface area contributed by atoms with Crippen LogP contribution in [0.15, 0.2) is 65.0 Å². The standard InChI is InChI=1S/C22H18ClN3O2S/c1-2-14-4-3-5-17(10-14)25-19(27)11-26-13-24-20-18(12-29-21(20)22(26)28)15-6-8-16(23)9-7-15/h3-10,12-13H,2,11H2,1H3,(H,25,27). The molecule has 0 saturated heterocycles. The molecule has 0 aliphatic carbocycles. The first kappa shape index (κ1) is 19.4. The van der Waals surface area contributed by atoms with Crippen LogP contribution in [0.3, 0.4) is 0 Å². The number of nitrogens with zero attached hydrogens (tertiary/aromatic N) is 2. The highest BCUT2D eigenvalue weighted by Gasteiger charge is 2.14. The summed E-state index contributed by atoms with van der Waals surface area (Å²) in [5.74, 6) is -0.268. The molecule has 2 aromatic carbocycles. The second kappa shape index (κ2) is 8.19. The lowest BCUT2D eigenvalue weighted by molar-refractivity contribution is -0.116. The van der Waals surface area contributed by atoms with Gasteiger partial charge in [-0.25, -0.2) is 4.98 Å². The third-order valence-corrected chi connectivity index (χ3v) is 5.84. The summed E-state index contributed by atoms with van der Waals surface area (Å²) in [6.45, 7) is 1.97. The van der Waals surface area contributed by atoms with E-state index in [1.165, 1.54) is 22.2 Å². The van der Waals surface area contributed by atoms with Crippen LogP contribution in [0.5, 0.6) is 0 Å². The van der Waals surface area contributed by atoms with Crippen molar-refractivity contribution >= 4 is 44.7 Å². The van der Waals surface area contributed by atoms with E-state index in [4.69, 9.17) is 11.6 Å². The number of benzene rings is 2. The number of carbonyl (C=O) groups is 1. The van der Waals surface area contributed by atoms with Gasteiger partial charge >= 0.3 is 0 Å². The maximum absolute atomic E-state index is 12.8. The summed E-state index contributed by atoms with van der Waals surface area (Å²) < 4.78 is 1.86. The molecule has 0 aliphatic heterocycles. The van der Waals surface area contributed by atoms with E-state index in [0.29, 0.717) is 15.2 Å². The lowest BCUT2D eigenvalue weighted by atomic mass is 10.1. The number of nitrogens with one attached hydrogen (secondary N) is 1. The normalized spacial score (nSPS) is 11.0. The molecule has 0 spiro atoms. The Morgan fingerprint density at radius 3 is 2.76 bits per heavy atom. The molecule has 4 aromatic rings. The summed E-state index contributed by atoms with van der Waals surface area (Å²) in [5.41, 5.74) is 4.09. The molecule has 0 unspecified atom stereocenters. The van der Waals surface area contributed by atoms with Crippen molar-refractivity contribution in [3.05, 3.63) is 81.2 Å². The maximum Gasteiger partial charge on any atom is 0.271 e. The smallest absolute Gasteiger partial charge is 0.271 e. The number of aromatic nitrogens is 2. The predicted molar refractivity (Wildman–Crippen MR) is 119 cm³/mol. The van der Waals surface area contributed by atoms with Crippen LogP contribution in [0.1, 0.15) is 12.5 Å². The van der Waals surface area contributed by atoms with E-state index < -0.39 is 0 Å². The van der Waals surface area contributed by atoms with Gasteiger partial charge in [0.25, 0.3) is 5.56 Å². The minimum Gasteiger partial charge on any atom is -0.325 e. The number of thiophene rings is 1. The number of hydrogen-bond donors (Lipinski definition) is 1. The van der Waals surface area contributed by atoms with Gasteiger partial charge in [0.1, 0.15) is 11.2 Å². The average Bonchev–Trinajstić information content (AvgIpc) is 3.15. The zero-order valence-electron chi connectivity index (χ0n) is 15.7. The Hall–Kier alpha value is -2.96. The molecule has 5 nitrogen and oxygen atoms in total. The number of anilines is 1. The van der Waals surface area contributed by atoms with Crippen molar-refractivity contribution in [3.63, 3.8) is 0 Å². The van der Waals surface area contributed by atoms with Crippen LogP contribution in [0.2, 0.25) is 5.02 Å². The Morgan fingerprint density at radius 2 is 2.00 bits per heavy atom. The SMILES string of the molecule is CCc1cccc(NC(=O)Cn2cnc3c(-c4ccc(Cl)cc4)csc3c2=O)c1. The van der Waals surface area contributed by atoms with Gasteiger partial charge in [-0.2, -0.15) is 0 Å². The van der Waals surface area contributed by atoms with Crippen LogP contribution < -0.4 is 10.9 Å². The molecule has 1 N–H and O–H groups in total. The van der Waals surface area contributed by atoms with Gasteiger partial charge < -0.3 is 5.32 Å². The summed E-state index contributed by atoms with van der Waals surface area (Å²) in [5, 5.41) is 5.40. The highest BCUT2D eigenvalue weighted by atomic mass is 35.5. The van der Waals surface area contributed by atoms with Gasteiger partial charge in [-0.05, 0) is 41.8 Å². The van der Waals surface area contributed by atoms with Crippen LogP contribution in [-0.4, -0.2) is 15.5 Å². The van der Waals surface area contributed by atoms with Crippen LogP contribution in [0.25, 0.3) is 21.3 Å². The van der Waals surface area contributed by atoms with E-state index in [1.807, 2.05) is 41.8 Å². The largest absolute Gasteiger partial charge is 0.325 e. The fourth-order valence-electron chi connectivity index (χ4n) is 3.11. The summed E-state index contributed by atoms with van der Waals surface area (Å²) in [4.78, 5) is 29.7. The first-order valence-corrected chi connectivity index (χ1v) is 10.4. The zero-order valence-corrected chi connectivity index (χ0v) is 17.3. The first-order chi connectivity index (χ1) is 14.0. The van der Waals surface area contributed by atoms with Crippen molar-refractivity contribution in [2.24, 2.45) is 0 Å². The highest BCUT2D eigenvalue weighted by molar-refractivity contribution is 7.17. The molecule has 0 bridgehead atoms. The number of fused-ring (bicyclic) bond motifs is 1. The molecule has 0 saturated carbocycles. The average molecular weight is 424 g/mol. The van der Waals surface area contributed by atoms with Crippen molar-refractivity contribution in [3.8, 4) is 11.1 Å². The molecule has 1 amide bonds. The Balaban J connectivity index is 1.58. The van der Waals surface area contributed by atoms with E-state index in [2.05, 4.69) is 17.2 Å². The van der Waals surface area contributed by atoms with E-state index in [-0.39, 0.29) is 18.0 Å². The van der Waals surface area contributed by atoms with Crippen molar-refractivity contribution in [2.75, 3.05) is 5.32 Å². The Bertz CT molecular complexity index is 1250. The van der Waals surface area contributed by atoms with Crippen molar-refractivity contribution in [2.45, 2.75) is 19.9 Å². The Morgan fingerprint density at radius 1 is 1.21 bits per heavy atom.